The van der Waals surface area contributed by atoms with Gasteiger partial charge in [0.15, 0.2) is 5.96 Å². The number of ether oxygens (including phenoxy) is 1. The number of benzene rings is 1. The third-order valence-electron chi connectivity index (χ3n) is 4.89. The Hall–Kier alpha value is -2.07. The highest BCUT2D eigenvalue weighted by Crippen LogP contribution is 2.25. The molecule has 1 aliphatic heterocycles. The fourth-order valence-corrected chi connectivity index (χ4v) is 3.44. The first-order valence-electron chi connectivity index (χ1n) is 10.1. The van der Waals surface area contributed by atoms with Crippen molar-refractivity contribution in [2.45, 2.75) is 33.4 Å². The summed E-state index contributed by atoms with van der Waals surface area (Å²) in [4.78, 5) is 18.9. The van der Waals surface area contributed by atoms with E-state index in [9.17, 15) is 4.79 Å². The maximum absolute atomic E-state index is 12.2. The average Bonchev–Trinajstić information content (AvgIpc) is 3.23. The van der Waals surface area contributed by atoms with Crippen LogP contribution in [0.3, 0.4) is 0 Å². The smallest absolute Gasteiger partial charge is 0.242 e. The van der Waals surface area contributed by atoms with Crippen LogP contribution in [0.4, 0.5) is 0 Å². The lowest BCUT2D eigenvalue weighted by Crippen LogP contribution is -2.48. The van der Waals surface area contributed by atoms with Crippen LogP contribution >= 0.6 is 24.0 Å². The first-order valence-corrected chi connectivity index (χ1v) is 10.1. The molecule has 2 aromatic rings. The number of guanidine groups is 1. The number of hydrogen-bond acceptors (Lipinski definition) is 4. The fourth-order valence-electron chi connectivity index (χ4n) is 3.44. The van der Waals surface area contributed by atoms with Crippen molar-refractivity contribution in [1.82, 2.24) is 15.5 Å². The predicted octanol–water partition coefficient (Wildman–Crippen LogP) is 3.17. The monoisotopic (exact) mass is 526 g/mol. The molecule has 1 atom stereocenters. The maximum atomic E-state index is 12.2. The van der Waals surface area contributed by atoms with Crippen molar-refractivity contribution in [2.75, 3.05) is 32.8 Å². The topological polar surface area (TPSA) is 79.1 Å². The lowest BCUT2D eigenvalue weighted by atomic mass is 10.00. The average molecular weight is 526 g/mol. The summed E-state index contributed by atoms with van der Waals surface area (Å²) < 4.78 is 11.3. The second kappa shape index (κ2) is 11.9. The summed E-state index contributed by atoms with van der Waals surface area (Å²) in [6.45, 7) is 9.45. The molecule has 2 N–H and O–H groups in total. The second-order valence-corrected chi connectivity index (χ2v) is 7.19. The Bertz CT molecular complexity index is 839. The number of carbonyl (C=O) groups excluding carboxylic acids is 1. The molecule has 1 aromatic carbocycles. The molecule has 1 aliphatic rings. The van der Waals surface area contributed by atoms with Crippen LogP contribution in [-0.2, 0) is 16.1 Å². The van der Waals surface area contributed by atoms with E-state index in [-0.39, 0.29) is 42.5 Å². The van der Waals surface area contributed by atoms with E-state index in [0.717, 1.165) is 24.8 Å². The molecule has 0 spiro atoms. The normalized spacial score (nSPS) is 16.7. The number of morpholine rings is 1. The van der Waals surface area contributed by atoms with Crippen molar-refractivity contribution < 1.29 is 13.9 Å². The number of aryl methyl sites for hydroxylation is 2. The van der Waals surface area contributed by atoms with Crippen LogP contribution in [0.2, 0.25) is 0 Å². The lowest BCUT2D eigenvalue weighted by Gasteiger charge is -2.35. The highest BCUT2D eigenvalue weighted by molar-refractivity contribution is 14.0. The first kappa shape index (κ1) is 24.2. The molecule has 1 aromatic heterocycles. The molecule has 0 radical (unpaired) electrons. The predicted molar refractivity (Wildman–Crippen MR) is 128 cm³/mol. The Morgan fingerprint density at radius 1 is 1.27 bits per heavy atom. The van der Waals surface area contributed by atoms with Gasteiger partial charge >= 0.3 is 0 Å². The number of halogens is 1. The van der Waals surface area contributed by atoms with Crippen molar-refractivity contribution >= 4 is 35.8 Å². The van der Waals surface area contributed by atoms with Crippen LogP contribution in [0.25, 0.3) is 0 Å². The summed E-state index contributed by atoms with van der Waals surface area (Å²) in [5.41, 5.74) is 3.68. The second-order valence-electron chi connectivity index (χ2n) is 7.19. The highest BCUT2D eigenvalue weighted by Gasteiger charge is 2.25. The van der Waals surface area contributed by atoms with Crippen molar-refractivity contribution in [2.24, 2.45) is 4.99 Å². The Morgan fingerprint density at radius 3 is 2.80 bits per heavy atom. The van der Waals surface area contributed by atoms with E-state index in [2.05, 4.69) is 52.6 Å². The van der Waals surface area contributed by atoms with Crippen LogP contribution in [0.5, 0.6) is 0 Å². The molecule has 0 saturated carbocycles. The van der Waals surface area contributed by atoms with E-state index >= 15 is 0 Å². The summed E-state index contributed by atoms with van der Waals surface area (Å²) in [6.07, 6.45) is 1.58. The number of aliphatic imine (C=N–C) groups is 1. The number of amides is 1. The zero-order valence-electron chi connectivity index (χ0n) is 17.8. The molecule has 30 heavy (non-hydrogen) atoms. The van der Waals surface area contributed by atoms with Crippen molar-refractivity contribution in [1.29, 1.82) is 0 Å². The Kier molecular flexibility index (Phi) is 9.64. The Balaban J connectivity index is 0.00000320. The molecular formula is C22H31IN4O3. The third-order valence-corrected chi connectivity index (χ3v) is 4.89. The highest BCUT2D eigenvalue weighted by atomic mass is 127. The standard InChI is InChI=1S/C22H30N4O3.HI/c1-4-23-22(25-14-21(27)24-13-18-6-5-10-28-18)26-9-11-29-20(15-26)19-8-7-16(2)12-17(19)3;/h5-8,10,12,20H,4,9,11,13-15H2,1-3H3,(H,23,25)(H,24,27);1H. The summed E-state index contributed by atoms with van der Waals surface area (Å²) in [5.74, 6) is 1.31. The van der Waals surface area contributed by atoms with Crippen LogP contribution in [0.15, 0.2) is 46.0 Å². The zero-order chi connectivity index (χ0) is 20.6. The molecule has 3 rings (SSSR count). The molecular weight excluding hydrogens is 495 g/mol. The number of nitrogens with one attached hydrogen (secondary N) is 2. The molecule has 1 amide bonds. The fraction of sp³-hybridized carbons (Fsp3) is 0.455. The minimum absolute atomic E-state index is 0. The molecule has 7 nitrogen and oxygen atoms in total. The minimum atomic E-state index is -0.143. The van der Waals surface area contributed by atoms with E-state index in [1.54, 1.807) is 12.3 Å². The van der Waals surface area contributed by atoms with Gasteiger partial charge < -0.3 is 24.7 Å². The number of nitrogens with zero attached hydrogens (tertiary/aromatic N) is 2. The van der Waals surface area contributed by atoms with Gasteiger partial charge in [-0.25, -0.2) is 4.99 Å². The number of hydrogen-bond donors (Lipinski definition) is 2. The van der Waals surface area contributed by atoms with Gasteiger partial charge in [-0.3, -0.25) is 4.79 Å². The van der Waals surface area contributed by atoms with E-state index < -0.39 is 0 Å². The molecule has 164 valence electrons. The summed E-state index contributed by atoms with van der Waals surface area (Å²) in [7, 11) is 0. The summed E-state index contributed by atoms with van der Waals surface area (Å²) in [6, 6.07) is 10.1. The first-order chi connectivity index (χ1) is 14.1. The third kappa shape index (κ3) is 6.73. The molecule has 0 aliphatic carbocycles. The van der Waals surface area contributed by atoms with E-state index in [1.807, 2.05) is 13.0 Å². The number of furan rings is 1. The van der Waals surface area contributed by atoms with Gasteiger partial charge in [-0.2, -0.15) is 0 Å². The van der Waals surface area contributed by atoms with Crippen molar-refractivity contribution in [3.63, 3.8) is 0 Å². The lowest BCUT2D eigenvalue weighted by molar-refractivity contribution is -0.119. The van der Waals surface area contributed by atoms with E-state index in [0.29, 0.717) is 19.7 Å². The quantitative estimate of drug-likeness (QED) is 0.344. The molecule has 1 saturated heterocycles. The minimum Gasteiger partial charge on any atom is -0.467 e. The Morgan fingerprint density at radius 2 is 2.10 bits per heavy atom. The summed E-state index contributed by atoms with van der Waals surface area (Å²) in [5, 5.41) is 6.12. The van der Waals surface area contributed by atoms with Gasteiger partial charge in [0.1, 0.15) is 18.4 Å². The van der Waals surface area contributed by atoms with E-state index in [1.165, 1.54) is 16.7 Å². The zero-order valence-corrected chi connectivity index (χ0v) is 20.1. The molecule has 8 heteroatoms. The molecule has 0 bridgehead atoms. The van der Waals surface area contributed by atoms with Gasteiger partial charge in [0.2, 0.25) is 5.91 Å². The van der Waals surface area contributed by atoms with Gasteiger partial charge in [-0.1, -0.05) is 23.8 Å². The van der Waals surface area contributed by atoms with Crippen LogP contribution in [0, 0.1) is 13.8 Å². The van der Waals surface area contributed by atoms with Crippen molar-refractivity contribution in [3.8, 4) is 0 Å². The van der Waals surface area contributed by atoms with Crippen LogP contribution in [0.1, 0.15) is 35.5 Å². The molecule has 1 unspecified atom stereocenters. The molecule has 2 heterocycles. The summed E-state index contributed by atoms with van der Waals surface area (Å²) >= 11 is 0. The van der Waals surface area contributed by atoms with Crippen molar-refractivity contribution in [3.05, 3.63) is 59.0 Å². The van der Waals surface area contributed by atoms with Crippen LogP contribution < -0.4 is 10.6 Å². The maximum Gasteiger partial charge on any atom is 0.242 e. The number of rotatable bonds is 6. The number of carbonyl (C=O) groups is 1. The van der Waals surface area contributed by atoms with Gasteiger partial charge in [-0.15, -0.1) is 24.0 Å². The van der Waals surface area contributed by atoms with E-state index in [4.69, 9.17) is 9.15 Å². The van der Waals surface area contributed by atoms with Gasteiger partial charge in [-0.05, 0) is 44.0 Å². The van der Waals surface area contributed by atoms with Gasteiger partial charge in [0, 0.05) is 13.1 Å². The van der Waals surface area contributed by atoms with Gasteiger partial charge in [0.25, 0.3) is 0 Å². The van der Waals surface area contributed by atoms with Crippen LogP contribution in [-0.4, -0.2) is 49.6 Å². The Labute approximate surface area is 195 Å². The SMILES string of the molecule is CCNC(=NCC(=O)NCc1ccco1)N1CCOC(c2ccc(C)cc2C)C1.I. The van der Waals surface area contributed by atoms with Gasteiger partial charge in [0.05, 0.1) is 26.0 Å². The largest absolute Gasteiger partial charge is 0.467 e. The molecule has 1 fully saturated rings.